The van der Waals surface area contributed by atoms with Crippen molar-refractivity contribution in [3.63, 3.8) is 0 Å². The van der Waals surface area contributed by atoms with Crippen molar-refractivity contribution in [1.29, 1.82) is 0 Å². The molecule has 0 N–H and O–H groups in total. The molecule has 0 atom stereocenters. The third-order valence-electron chi connectivity index (χ3n) is 3.15. The number of anilines is 1. The molecule has 1 saturated heterocycles. The normalized spacial score (nSPS) is 17.2. The maximum absolute atomic E-state index is 11.8. The van der Waals surface area contributed by atoms with E-state index in [-0.39, 0.29) is 11.4 Å². The number of sulfonamides is 1. The van der Waals surface area contributed by atoms with Crippen molar-refractivity contribution < 1.29 is 17.9 Å². The highest BCUT2D eigenvalue weighted by molar-refractivity contribution is 7.89. The predicted molar refractivity (Wildman–Crippen MR) is 76.7 cm³/mol. The van der Waals surface area contributed by atoms with Gasteiger partial charge in [-0.15, -0.1) is 11.3 Å². The molecule has 0 saturated carbocycles. The van der Waals surface area contributed by atoms with Gasteiger partial charge in [-0.25, -0.2) is 18.2 Å². The van der Waals surface area contributed by atoms with Gasteiger partial charge >= 0.3 is 5.97 Å². The molecule has 2 rings (SSSR count). The number of ether oxygens (including phenoxy) is 1. The maximum Gasteiger partial charge on any atom is 0.357 e. The van der Waals surface area contributed by atoms with Gasteiger partial charge in [-0.3, -0.25) is 0 Å². The average molecular weight is 319 g/mol. The summed E-state index contributed by atoms with van der Waals surface area (Å²) >= 11 is 1.36. The number of hydrogen-bond donors (Lipinski definition) is 0. The van der Waals surface area contributed by atoms with Crippen LogP contribution < -0.4 is 4.90 Å². The quantitative estimate of drug-likeness (QED) is 0.748. The van der Waals surface area contributed by atoms with E-state index in [4.69, 9.17) is 0 Å². The summed E-state index contributed by atoms with van der Waals surface area (Å²) in [5, 5.41) is 2.37. The van der Waals surface area contributed by atoms with Gasteiger partial charge in [0.2, 0.25) is 10.0 Å². The highest BCUT2D eigenvalue weighted by atomic mass is 32.2. The van der Waals surface area contributed by atoms with Crippen LogP contribution in [0.1, 0.15) is 17.4 Å². The molecule has 0 aromatic carbocycles. The summed E-state index contributed by atoms with van der Waals surface area (Å²) in [5.41, 5.74) is 0.288. The van der Waals surface area contributed by atoms with Gasteiger partial charge in [0.15, 0.2) is 10.8 Å². The predicted octanol–water partition coefficient (Wildman–Crippen LogP) is 0.401. The van der Waals surface area contributed by atoms with Crippen molar-refractivity contribution in [2.24, 2.45) is 0 Å². The highest BCUT2D eigenvalue weighted by Gasteiger charge is 2.27. The summed E-state index contributed by atoms with van der Waals surface area (Å²) in [6.07, 6.45) is 0. The lowest BCUT2D eigenvalue weighted by Crippen LogP contribution is -2.49. The van der Waals surface area contributed by atoms with Gasteiger partial charge < -0.3 is 9.64 Å². The van der Waals surface area contributed by atoms with Crippen molar-refractivity contribution in [2.75, 3.05) is 43.9 Å². The average Bonchev–Trinajstić information content (AvgIpc) is 2.96. The molecule has 1 fully saturated rings. The minimum atomic E-state index is -3.12. The fraction of sp³-hybridized carbons (Fsp3) is 0.636. The number of thiazole rings is 1. The monoisotopic (exact) mass is 319 g/mol. The second kappa shape index (κ2) is 6.06. The molecule has 0 radical (unpaired) electrons. The molecule has 1 aliphatic heterocycles. The molecular weight excluding hydrogens is 302 g/mol. The molecule has 20 heavy (non-hydrogen) atoms. The van der Waals surface area contributed by atoms with Crippen molar-refractivity contribution in [3.05, 3.63) is 11.1 Å². The van der Waals surface area contributed by atoms with Gasteiger partial charge in [-0.2, -0.15) is 4.31 Å². The van der Waals surface area contributed by atoms with Crippen LogP contribution in [0.25, 0.3) is 0 Å². The molecule has 1 aromatic rings. The van der Waals surface area contributed by atoms with E-state index in [9.17, 15) is 13.2 Å². The Bertz CT molecular complexity index is 576. The largest absolute Gasteiger partial charge is 0.464 e. The minimum absolute atomic E-state index is 0.122. The van der Waals surface area contributed by atoms with Crippen LogP contribution in [-0.2, 0) is 14.8 Å². The first-order chi connectivity index (χ1) is 9.47. The lowest BCUT2D eigenvalue weighted by atomic mass is 10.4. The summed E-state index contributed by atoms with van der Waals surface area (Å²) < 4.78 is 29.6. The molecule has 7 nitrogen and oxygen atoms in total. The van der Waals surface area contributed by atoms with E-state index in [1.54, 1.807) is 12.3 Å². The summed E-state index contributed by atoms with van der Waals surface area (Å²) in [4.78, 5) is 17.5. The first-order valence-electron chi connectivity index (χ1n) is 6.24. The van der Waals surface area contributed by atoms with Crippen LogP contribution in [0.4, 0.5) is 5.13 Å². The van der Waals surface area contributed by atoms with E-state index in [1.165, 1.54) is 22.8 Å². The van der Waals surface area contributed by atoms with Gasteiger partial charge in [0.25, 0.3) is 0 Å². The van der Waals surface area contributed by atoms with E-state index in [0.717, 1.165) is 5.13 Å². The van der Waals surface area contributed by atoms with Gasteiger partial charge in [0, 0.05) is 31.6 Å². The number of hydrogen-bond acceptors (Lipinski definition) is 7. The molecule has 1 aliphatic rings. The van der Waals surface area contributed by atoms with E-state index in [2.05, 4.69) is 9.72 Å². The van der Waals surface area contributed by atoms with E-state index in [0.29, 0.717) is 26.2 Å². The van der Waals surface area contributed by atoms with Crippen molar-refractivity contribution in [1.82, 2.24) is 9.29 Å². The Morgan fingerprint density at radius 1 is 1.40 bits per heavy atom. The topological polar surface area (TPSA) is 79.8 Å². The van der Waals surface area contributed by atoms with Gasteiger partial charge in [-0.05, 0) is 6.92 Å². The first-order valence-corrected chi connectivity index (χ1v) is 8.73. The first kappa shape index (κ1) is 15.2. The third kappa shape index (κ3) is 3.10. The number of nitrogens with zero attached hydrogens (tertiary/aromatic N) is 3. The fourth-order valence-electron chi connectivity index (χ4n) is 1.95. The zero-order valence-electron chi connectivity index (χ0n) is 11.4. The molecule has 0 aliphatic carbocycles. The maximum atomic E-state index is 11.8. The molecule has 2 heterocycles. The number of rotatable bonds is 4. The molecule has 0 amide bonds. The number of methoxy groups -OCH3 is 1. The summed E-state index contributed by atoms with van der Waals surface area (Å²) in [6.45, 7) is 3.69. The van der Waals surface area contributed by atoms with Crippen LogP contribution in [0.5, 0.6) is 0 Å². The smallest absolute Gasteiger partial charge is 0.357 e. The Morgan fingerprint density at radius 2 is 2.05 bits per heavy atom. The Balaban J connectivity index is 2.01. The van der Waals surface area contributed by atoms with Crippen LogP contribution in [0.3, 0.4) is 0 Å². The van der Waals surface area contributed by atoms with Gasteiger partial charge in [0.05, 0.1) is 12.9 Å². The second-order valence-electron chi connectivity index (χ2n) is 4.29. The van der Waals surface area contributed by atoms with Crippen LogP contribution in [-0.4, -0.2) is 62.7 Å². The summed E-state index contributed by atoms with van der Waals surface area (Å²) in [5.74, 6) is -0.337. The second-order valence-corrected chi connectivity index (χ2v) is 7.39. The molecule has 0 spiro atoms. The van der Waals surface area contributed by atoms with Crippen molar-refractivity contribution >= 4 is 32.5 Å². The number of aromatic nitrogens is 1. The standard InChI is InChI=1S/C11H17N3O4S2/c1-3-20(16,17)14-6-4-13(5-7-14)11-12-9(8-19-11)10(15)18-2/h8H,3-7H2,1-2H3. The number of carbonyl (C=O) groups is 1. The SMILES string of the molecule is CCS(=O)(=O)N1CCN(c2nc(C(=O)OC)cs2)CC1. The zero-order chi connectivity index (χ0) is 14.8. The Kier molecular flexibility index (Phi) is 4.61. The molecule has 112 valence electrons. The Hall–Kier alpha value is -1.19. The Morgan fingerprint density at radius 3 is 2.60 bits per heavy atom. The van der Waals surface area contributed by atoms with Crippen LogP contribution in [0.15, 0.2) is 5.38 Å². The van der Waals surface area contributed by atoms with E-state index < -0.39 is 16.0 Å². The van der Waals surface area contributed by atoms with E-state index in [1.807, 2.05) is 4.90 Å². The minimum Gasteiger partial charge on any atom is -0.464 e. The molecule has 1 aromatic heterocycles. The number of carbonyl (C=O) groups excluding carboxylic acids is 1. The fourth-order valence-corrected chi connectivity index (χ4v) is 3.88. The lowest BCUT2D eigenvalue weighted by Gasteiger charge is -2.33. The lowest BCUT2D eigenvalue weighted by molar-refractivity contribution is 0.0595. The van der Waals surface area contributed by atoms with E-state index >= 15 is 0 Å². The molecule has 9 heteroatoms. The molecule has 0 unspecified atom stereocenters. The van der Waals surface area contributed by atoms with Gasteiger partial charge in [-0.1, -0.05) is 0 Å². The number of piperazine rings is 1. The molecule has 0 bridgehead atoms. The number of esters is 1. The van der Waals surface area contributed by atoms with Crippen LogP contribution >= 0.6 is 11.3 Å². The highest BCUT2D eigenvalue weighted by Crippen LogP contribution is 2.22. The van der Waals surface area contributed by atoms with Crippen molar-refractivity contribution in [2.45, 2.75) is 6.92 Å². The third-order valence-corrected chi connectivity index (χ3v) is 5.94. The zero-order valence-corrected chi connectivity index (χ0v) is 13.0. The summed E-state index contributed by atoms with van der Waals surface area (Å²) in [7, 11) is -1.81. The van der Waals surface area contributed by atoms with Gasteiger partial charge in [0.1, 0.15) is 0 Å². The van der Waals surface area contributed by atoms with Crippen molar-refractivity contribution in [3.8, 4) is 0 Å². The summed E-state index contributed by atoms with van der Waals surface area (Å²) in [6, 6.07) is 0. The molecular formula is C11H17N3O4S2. The Labute approximate surface area is 122 Å². The van der Waals surface area contributed by atoms with Crippen LogP contribution in [0, 0.1) is 0 Å². The van der Waals surface area contributed by atoms with Crippen LogP contribution in [0.2, 0.25) is 0 Å².